The fourth-order valence-electron chi connectivity index (χ4n) is 2.24. The minimum atomic E-state index is -2.92. The lowest BCUT2D eigenvalue weighted by atomic mass is 10.1. The first-order chi connectivity index (χ1) is 12.1. The molecule has 0 spiro atoms. The van der Waals surface area contributed by atoms with Crippen LogP contribution in [0, 0.1) is 0 Å². The van der Waals surface area contributed by atoms with Crippen LogP contribution in [0.15, 0.2) is 29.3 Å². The van der Waals surface area contributed by atoms with Crippen LogP contribution >= 0.6 is 24.0 Å². The van der Waals surface area contributed by atoms with Crippen LogP contribution in [0.4, 0.5) is 8.78 Å². The average molecular weight is 483 g/mol. The van der Waals surface area contributed by atoms with Crippen LogP contribution in [0.1, 0.15) is 25.8 Å². The zero-order valence-corrected chi connectivity index (χ0v) is 17.1. The summed E-state index contributed by atoms with van der Waals surface area (Å²) in [5.74, 6) is 1.53. The summed E-state index contributed by atoms with van der Waals surface area (Å²) in [5.41, 5.74) is 0.496. The van der Waals surface area contributed by atoms with E-state index < -0.39 is 6.61 Å². The third-order valence-corrected chi connectivity index (χ3v) is 3.36. The summed E-state index contributed by atoms with van der Waals surface area (Å²) in [7, 11) is 0. The van der Waals surface area contributed by atoms with Crippen LogP contribution in [0.3, 0.4) is 0 Å². The number of fused-ring (bicyclic) bond motifs is 1. The average Bonchev–Trinajstić information content (AvgIpc) is 3.02. The molecule has 0 aliphatic carbocycles. The monoisotopic (exact) mass is 483 g/mol. The molecule has 0 aromatic heterocycles. The van der Waals surface area contributed by atoms with Gasteiger partial charge in [0.2, 0.25) is 6.79 Å². The van der Waals surface area contributed by atoms with E-state index in [1.807, 2.05) is 26.0 Å². The number of ether oxygens (including phenoxy) is 3. The molecule has 0 bridgehead atoms. The molecule has 1 aliphatic rings. The molecule has 9 heteroatoms. The maximum Gasteiger partial charge on any atom is 0.387 e. The van der Waals surface area contributed by atoms with Crippen molar-refractivity contribution in [1.29, 1.82) is 0 Å². The Morgan fingerprint density at radius 2 is 2.04 bits per heavy atom. The van der Waals surface area contributed by atoms with Gasteiger partial charge in [-0.25, -0.2) is 4.99 Å². The Hall–Kier alpha value is -1.78. The number of aliphatic imine (C=N–C) groups is 1. The Kier molecular flexibility index (Phi) is 10.1. The summed E-state index contributed by atoms with van der Waals surface area (Å²) < 4.78 is 40.4. The summed E-state index contributed by atoms with van der Waals surface area (Å²) in [6, 6.07) is 3.03. The highest BCUT2D eigenvalue weighted by Crippen LogP contribution is 2.38. The van der Waals surface area contributed by atoms with Gasteiger partial charge < -0.3 is 24.8 Å². The van der Waals surface area contributed by atoms with Crippen molar-refractivity contribution in [2.75, 3.05) is 19.9 Å². The third-order valence-electron chi connectivity index (χ3n) is 3.36. The highest BCUT2D eigenvalue weighted by molar-refractivity contribution is 14.0. The molecule has 1 aromatic rings. The molecule has 0 saturated heterocycles. The van der Waals surface area contributed by atoms with Gasteiger partial charge in [0, 0.05) is 24.7 Å². The second-order valence-corrected chi connectivity index (χ2v) is 5.17. The van der Waals surface area contributed by atoms with Crippen molar-refractivity contribution < 1.29 is 23.0 Å². The summed E-state index contributed by atoms with van der Waals surface area (Å²) in [6.07, 6.45) is 4.89. The van der Waals surface area contributed by atoms with E-state index in [0.29, 0.717) is 29.6 Å². The van der Waals surface area contributed by atoms with E-state index in [0.717, 1.165) is 13.0 Å². The van der Waals surface area contributed by atoms with Crippen molar-refractivity contribution in [3.63, 3.8) is 0 Å². The van der Waals surface area contributed by atoms with Gasteiger partial charge >= 0.3 is 6.61 Å². The van der Waals surface area contributed by atoms with Crippen LogP contribution in [-0.4, -0.2) is 32.5 Å². The Morgan fingerprint density at radius 1 is 1.31 bits per heavy atom. The molecule has 6 nitrogen and oxygen atoms in total. The molecule has 0 radical (unpaired) electrons. The quantitative estimate of drug-likeness (QED) is 0.194. The van der Waals surface area contributed by atoms with Gasteiger partial charge in [-0.15, -0.1) is 24.0 Å². The molecule has 26 heavy (non-hydrogen) atoms. The number of alkyl halides is 2. The molecule has 0 fully saturated rings. The fourth-order valence-corrected chi connectivity index (χ4v) is 2.24. The molecular formula is C17H24F2IN3O3. The van der Waals surface area contributed by atoms with Crippen LogP contribution in [0.5, 0.6) is 17.2 Å². The van der Waals surface area contributed by atoms with Crippen LogP contribution < -0.4 is 24.8 Å². The molecule has 1 aromatic carbocycles. The van der Waals surface area contributed by atoms with Gasteiger partial charge in [0.25, 0.3) is 0 Å². The lowest BCUT2D eigenvalue weighted by Crippen LogP contribution is -2.37. The predicted octanol–water partition coefficient (Wildman–Crippen LogP) is 3.66. The molecule has 0 unspecified atom stereocenters. The minimum absolute atomic E-state index is 0. The first-order valence-corrected chi connectivity index (χ1v) is 8.14. The fraction of sp³-hybridized carbons (Fsp3) is 0.471. The predicted molar refractivity (Wildman–Crippen MR) is 107 cm³/mol. The van der Waals surface area contributed by atoms with Gasteiger partial charge in [-0.05, 0) is 26.3 Å². The normalized spacial score (nSPS) is 13.0. The van der Waals surface area contributed by atoms with Crippen molar-refractivity contribution >= 4 is 29.9 Å². The number of nitrogens with zero attached hydrogens (tertiary/aromatic N) is 1. The SMILES string of the molecule is C/C=C/CCNC(=NCc1cc2c(cc1OC(F)F)OCO2)NCC.I. The summed E-state index contributed by atoms with van der Waals surface area (Å²) >= 11 is 0. The summed E-state index contributed by atoms with van der Waals surface area (Å²) in [4.78, 5) is 4.42. The molecule has 2 N–H and O–H groups in total. The molecule has 2 rings (SSSR count). The Morgan fingerprint density at radius 3 is 2.69 bits per heavy atom. The van der Waals surface area contributed by atoms with Crippen molar-refractivity contribution in [3.05, 3.63) is 29.8 Å². The summed E-state index contributed by atoms with van der Waals surface area (Å²) in [6.45, 7) is 2.63. The number of rotatable bonds is 8. The van der Waals surface area contributed by atoms with Gasteiger partial charge in [-0.1, -0.05) is 12.2 Å². The van der Waals surface area contributed by atoms with Gasteiger partial charge in [0.15, 0.2) is 17.5 Å². The van der Waals surface area contributed by atoms with E-state index in [1.165, 1.54) is 6.07 Å². The van der Waals surface area contributed by atoms with Gasteiger partial charge in [0.1, 0.15) is 5.75 Å². The maximum absolute atomic E-state index is 12.6. The smallest absolute Gasteiger partial charge is 0.387 e. The van der Waals surface area contributed by atoms with Gasteiger partial charge in [0.05, 0.1) is 6.54 Å². The molecular weight excluding hydrogens is 459 g/mol. The molecule has 0 atom stereocenters. The number of guanidine groups is 1. The minimum Gasteiger partial charge on any atom is -0.454 e. The first-order valence-electron chi connectivity index (χ1n) is 8.14. The second-order valence-electron chi connectivity index (χ2n) is 5.17. The van der Waals surface area contributed by atoms with Gasteiger partial charge in [-0.3, -0.25) is 0 Å². The number of nitrogens with one attached hydrogen (secondary N) is 2. The number of benzene rings is 1. The number of halogens is 3. The van der Waals surface area contributed by atoms with Crippen molar-refractivity contribution in [1.82, 2.24) is 10.6 Å². The van der Waals surface area contributed by atoms with Crippen LogP contribution in [0.2, 0.25) is 0 Å². The molecule has 1 heterocycles. The zero-order valence-electron chi connectivity index (χ0n) is 14.8. The lowest BCUT2D eigenvalue weighted by Gasteiger charge is -2.13. The molecule has 1 aliphatic heterocycles. The highest BCUT2D eigenvalue weighted by Gasteiger charge is 2.20. The molecule has 0 amide bonds. The second kappa shape index (κ2) is 11.8. The number of hydrogen-bond acceptors (Lipinski definition) is 4. The number of hydrogen-bond donors (Lipinski definition) is 2. The van der Waals surface area contributed by atoms with Gasteiger partial charge in [-0.2, -0.15) is 8.78 Å². The Balaban J connectivity index is 0.00000338. The van der Waals surface area contributed by atoms with E-state index >= 15 is 0 Å². The van der Waals surface area contributed by atoms with E-state index in [4.69, 9.17) is 9.47 Å². The van der Waals surface area contributed by atoms with E-state index in [9.17, 15) is 8.78 Å². The largest absolute Gasteiger partial charge is 0.454 e. The van der Waals surface area contributed by atoms with Crippen LogP contribution in [0.25, 0.3) is 0 Å². The highest BCUT2D eigenvalue weighted by atomic mass is 127. The number of allylic oxidation sites excluding steroid dienone is 1. The molecule has 0 saturated carbocycles. The van der Waals surface area contributed by atoms with Crippen molar-refractivity contribution in [3.8, 4) is 17.2 Å². The van der Waals surface area contributed by atoms with Crippen molar-refractivity contribution in [2.45, 2.75) is 33.4 Å². The third kappa shape index (κ3) is 6.85. The van der Waals surface area contributed by atoms with E-state index in [1.54, 1.807) is 6.07 Å². The van der Waals surface area contributed by atoms with Crippen molar-refractivity contribution in [2.24, 2.45) is 4.99 Å². The van der Waals surface area contributed by atoms with E-state index in [2.05, 4.69) is 20.4 Å². The first kappa shape index (κ1) is 22.3. The maximum atomic E-state index is 12.6. The lowest BCUT2D eigenvalue weighted by molar-refractivity contribution is -0.0505. The topological polar surface area (TPSA) is 64.1 Å². The van der Waals surface area contributed by atoms with Crippen LogP contribution in [-0.2, 0) is 6.54 Å². The summed E-state index contributed by atoms with van der Waals surface area (Å²) in [5, 5.41) is 6.29. The van der Waals surface area contributed by atoms with E-state index in [-0.39, 0.29) is 43.1 Å². The standard InChI is InChI=1S/C17H23F2N3O3.HI/c1-3-5-6-7-21-17(20-4-2)22-10-12-8-14-15(24-11-23-14)9-13(12)25-16(18)19;/h3,5,8-9,16H,4,6-7,10-11H2,1-2H3,(H2,20,21,22);1H/b5-3+;. The Bertz CT molecular complexity index is 628. The Labute approximate surface area is 169 Å². The zero-order chi connectivity index (χ0) is 18.1. The molecule has 146 valence electrons.